The third-order valence-electron chi connectivity index (χ3n) is 1.68. The minimum absolute atomic E-state index is 0.739. The highest BCUT2D eigenvalue weighted by molar-refractivity contribution is 5.52. The van der Waals surface area contributed by atoms with Crippen LogP contribution in [0.15, 0.2) is 22.8 Å². The highest BCUT2D eigenvalue weighted by Crippen LogP contribution is 2.41. The number of rotatable bonds is 0. The molecule has 0 aromatic rings. The summed E-state index contributed by atoms with van der Waals surface area (Å²) in [5, 5.41) is 16.6. The van der Waals surface area contributed by atoms with Crippen LogP contribution in [0.3, 0.4) is 0 Å². The Labute approximate surface area is 76.4 Å². The van der Waals surface area contributed by atoms with Crippen LogP contribution in [0.2, 0.25) is 0 Å². The Morgan fingerprint density at radius 2 is 1.71 bits per heavy atom. The molecule has 1 rings (SSSR count). The summed E-state index contributed by atoms with van der Waals surface area (Å²) in [4.78, 5) is 0. The summed E-state index contributed by atoms with van der Waals surface area (Å²) >= 11 is 0. The summed E-state index contributed by atoms with van der Waals surface area (Å²) in [5.41, 5.74) is -1.69. The first-order valence-electron chi connectivity index (χ1n) is 3.41. The van der Waals surface area contributed by atoms with Gasteiger partial charge >= 0.3 is 5.92 Å². The molecule has 0 N–H and O–H groups in total. The van der Waals surface area contributed by atoms with Crippen LogP contribution >= 0.6 is 0 Å². The van der Waals surface area contributed by atoms with Crippen LogP contribution in [-0.2, 0) is 0 Å². The number of hydrogen-bond acceptors (Lipinski definition) is 2. The molecule has 0 aliphatic heterocycles. The van der Waals surface area contributed by atoms with E-state index in [-0.39, 0.29) is 0 Å². The van der Waals surface area contributed by atoms with Crippen LogP contribution in [0.1, 0.15) is 6.42 Å². The third-order valence-corrected chi connectivity index (χ3v) is 1.68. The van der Waals surface area contributed by atoms with Gasteiger partial charge in [0, 0.05) is 0 Å². The first-order chi connectivity index (χ1) is 6.44. The van der Waals surface area contributed by atoms with Crippen LogP contribution in [0.5, 0.6) is 0 Å². The molecule has 14 heavy (non-hydrogen) atoms. The fraction of sp³-hybridized carbons (Fsp3) is 0.250. The molecule has 1 aliphatic carbocycles. The molecule has 0 fully saturated rings. The summed E-state index contributed by atoms with van der Waals surface area (Å²) in [5.74, 6) is -8.26. The average molecular weight is 202 g/mol. The molecule has 0 radical (unpaired) electrons. The zero-order chi connectivity index (χ0) is 10.9. The summed E-state index contributed by atoms with van der Waals surface area (Å²) in [7, 11) is 0. The molecule has 1 aliphatic rings. The predicted molar refractivity (Wildman–Crippen MR) is 37.1 cm³/mol. The van der Waals surface area contributed by atoms with Gasteiger partial charge in [-0.2, -0.15) is 19.3 Å². The van der Waals surface area contributed by atoms with E-state index in [4.69, 9.17) is 10.5 Å². The van der Waals surface area contributed by atoms with Gasteiger partial charge in [-0.25, -0.2) is 8.78 Å². The van der Waals surface area contributed by atoms with Crippen molar-refractivity contribution < 1.29 is 17.6 Å². The third kappa shape index (κ3) is 1.35. The SMILES string of the molecule is N#CC1=C(C#N)C(F)=C(F)C(F)(F)C1. The minimum atomic E-state index is -4.03. The molecule has 0 amide bonds. The van der Waals surface area contributed by atoms with Crippen molar-refractivity contribution >= 4 is 0 Å². The molecule has 6 heteroatoms. The summed E-state index contributed by atoms with van der Waals surface area (Å²) < 4.78 is 50.6. The van der Waals surface area contributed by atoms with E-state index in [0.717, 1.165) is 0 Å². The van der Waals surface area contributed by atoms with Crippen LogP contribution in [0.25, 0.3) is 0 Å². The Kier molecular flexibility index (Phi) is 2.31. The highest BCUT2D eigenvalue weighted by Gasteiger charge is 2.44. The van der Waals surface area contributed by atoms with Gasteiger partial charge in [0.15, 0.2) is 5.83 Å². The smallest absolute Gasteiger partial charge is 0.202 e. The Hall–Kier alpha value is -1.82. The van der Waals surface area contributed by atoms with Gasteiger partial charge in [-0.05, 0) is 0 Å². The van der Waals surface area contributed by atoms with Gasteiger partial charge in [0.2, 0.25) is 5.83 Å². The highest BCUT2D eigenvalue weighted by atomic mass is 19.3. The van der Waals surface area contributed by atoms with Crippen LogP contribution in [0, 0.1) is 22.7 Å². The molecule has 0 bridgehead atoms. The van der Waals surface area contributed by atoms with Gasteiger partial charge in [0.05, 0.1) is 18.1 Å². The van der Waals surface area contributed by atoms with E-state index >= 15 is 0 Å². The maximum atomic E-state index is 12.8. The van der Waals surface area contributed by atoms with Crippen molar-refractivity contribution in [3.05, 3.63) is 22.8 Å². The van der Waals surface area contributed by atoms with E-state index in [1.165, 1.54) is 12.1 Å². The lowest BCUT2D eigenvalue weighted by atomic mass is 9.95. The maximum absolute atomic E-state index is 12.8. The Bertz CT molecular complexity index is 420. The number of allylic oxidation sites excluding steroid dienone is 4. The van der Waals surface area contributed by atoms with Crippen LogP contribution in [-0.4, -0.2) is 5.92 Å². The minimum Gasteiger partial charge on any atom is -0.202 e. The quantitative estimate of drug-likeness (QED) is 0.566. The molecule has 0 heterocycles. The van der Waals surface area contributed by atoms with E-state index in [2.05, 4.69) is 0 Å². The zero-order valence-corrected chi connectivity index (χ0v) is 6.61. The molecule has 0 saturated heterocycles. The lowest BCUT2D eigenvalue weighted by molar-refractivity contribution is 0.0136. The van der Waals surface area contributed by atoms with Gasteiger partial charge < -0.3 is 0 Å². The molecular weight excluding hydrogens is 200 g/mol. The lowest BCUT2D eigenvalue weighted by Crippen LogP contribution is -2.23. The summed E-state index contributed by atoms with van der Waals surface area (Å²) in [6.07, 6.45) is -1.27. The van der Waals surface area contributed by atoms with Gasteiger partial charge in [-0.3, -0.25) is 0 Å². The number of nitrogens with zero attached hydrogens (tertiary/aromatic N) is 2. The monoisotopic (exact) mass is 202 g/mol. The van der Waals surface area contributed by atoms with E-state index in [1.807, 2.05) is 0 Å². The van der Waals surface area contributed by atoms with Crippen LogP contribution < -0.4 is 0 Å². The van der Waals surface area contributed by atoms with Gasteiger partial charge in [0.1, 0.15) is 11.6 Å². The molecular formula is C8H2F4N2. The van der Waals surface area contributed by atoms with Crippen molar-refractivity contribution in [2.45, 2.75) is 12.3 Å². The molecule has 0 saturated carbocycles. The van der Waals surface area contributed by atoms with Crippen LogP contribution in [0.4, 0.5) is 17.6 Å². The first kappa shape index (κ1) is 10.3. The van der Waals surface area contributed by atoms with Crippen molar-refractivity contribution in [2.24, 2.45) is 0 Å². The fourth-order valence-electron chi connectivity index (χ4n) is 1.00. The molecule has 0 unspecified atom stereocenters. The van der Waals surface area contributed by atoms with E-state index < -0.39 is 35.1 Å². The second-order valence-corrected chi connectivity index (χ2v) is 2.59. The standard InChI is InChI=1S/C8H2F4N2/c9-6-5(3-14)4(2-13)1-8(11,12)7(6)10/h1H2. The zero-order valence-electron chi connectivity index (χ0n) is 6.61. The van der Waals surface area contributed by atoms with Gasteiger partial charge in [0.25, 0.3) is 0 Å². The maximum Gasteiger partial charge on any atom is 0.306 e. The van der Waals surface area contributed by atoms with Crippen molar-refractivity contribution in [3.63, 3.8) is 0 Å². The number of hydrogen-bond donors (Lipinski definition) is 0. The second kappa shape index (κ2) is 3.15. The van der Waals surface area contributed by atoms with Crippen molar-refractivity contribution in [1.82, 2.24) is 0 Å². The lowest BCUT2D eigenvalue weighted by Gasteiger charge is -2.19. The summed E-state index contributed by atoms with van der Waals surface area (Å²) in [6, 6.07) is 2.42. The molecule has 2 nitrogen and oxygen atoms in total. The van der Waals surface area contributed by atoms with E-state index in [1.54, 1.807) is 0 Å². The Morgan fingerprint density at radius 3 is 2.14 bits per heavy atom. The van der Waals surface area contributed by atoms with E-state index in [9.17, 15) is 17.6 Å². The fourth-order valence-corrected chi connectivity index (χ4v) is 1.00. The largest absolute Gasteiger partial charge is 0.306 e. The van der Waals surface area contributed by atoms with Crippen molar-refractivity contribution in [1.29, 1.82) is 10.5 Å². The Balaban J connectivity index is 3.40. The second-order valence-electron chi connectivity index (χ2n) is 2.59. The Morgan fingerprint density at radius 1 is 1.14 bits per heavy atom. The topological polar surface area (TPSA) is 47.6 Å². The van der Waals surface area contributed by atoms with Crippen molar-refractivity contribution in [3.8, 4) is 12.1 Å². The van der Waals surface area contributed by atoms with Gasteiger partial charge in [-0.1, -0.05) is 0 Å². The first-order valence-corrected chi connectivity index (χ1v) is 3.41. The van der Waals surface area contributed by atoms with Crippen molar-refractivity contribution in [2.75, 3.05) is 0 Å². The van der Waals surface area contributed by atoms with E-state index in [0.29, 0.717) is 0 Å². The normalized spacial score (nSPS) is 20.4. The number of nitriles is 2. The average Bonchev–Trinajstić information content (AvgIpc) is 2.14. The predicted octanol–water partition coefficient (Wildman–Crippen LogP) is 2.52. The summed E-state index contributed by atoms with van der Waals surface area (Å²) in [6.45, 7) is 0. The number of halogens is 4. The molecule has 0 aromatic carbocycles. The molecule has 72 valence electrons. The molecule has 0 aromatic heterocycles. The number of alkyl halides is 2. The molecule has 0 spiro atoms. The van der Waals surface area contributed by atoms with Gasteiger partial charge in [-0.15, -0.1) is 0 Å². The molecule has 0 atom stereocenters.